The molecule has 0 spiro atoms. The van der Waals surface area contributed by atoms with Crippen molar-refractivity contribution >= 4 is 34.7 Å². The summed E-state index contributed by atoms with van der Waals surface area (Å²) >= 11 is 0. The van der Waals surface area contributed by atoms with Crippen molar-refractivity contribution in [1.82, 2.24) is 24.6 Å². The maximum atomic E-state index is 15.1. The molecule has 53 heavy (non-hydrogen) atoms. The average Bonchev–Trinajstić information content (AvgIpc) is 3.40. The summed E-state index contributed by atoms with van der Waals surface area (Å²) in [5, 5.41) is 12.1. The monoisotopic (exact) mass is 751 g/mol. The number of rotatable bonds is 14. The fourth-order valence-electron chi connectivity index (χ4n) is 6.76. The number of hydrogen-bond acceptors (Lipinski definition) is 9. The lowest BCUT2D eigenvalue weighted by Gasteiger charge is -2.39. The summed E-state index contributed by atoms with van der Waals surface area (Å²) in [6, 6.07) is -0.726. The van der Waals surface area contributed by atoms with E-state index in [0.717, 1.165) is 38.2 Å². The second-order valence-corrected chi connectivity index (χ2v) is 14.5. The number of amides is 4. The highest BCUT2D eigenvalue weighted by Gasteiger charge is 2.39. The van der Waals surface area contributed by atoms with Gasteiger partial charge in [0.15, 0.2) is 23.0 Å². The highest BCUT2D eigenvalue weighted by Crippen LogP contribution is 2.42. The Balaban J connectivity index is 1.54. The van der Waals surface area contributed by atoms with Crippen molar-refractivity contribution in [2.75, 3.05) is 66.3 Å². The predicted octanol–water partition coefficient (Wildman–Crippen LogP) is 3.85. The lowest BCUT2D eigenvalue weighted by Crippen LogP contribution is -2.59. The van der Waals surface area contributed by atoms with Crippen molar-refractivity contribution in [1.29, 1.82) is 0 Å². The molecule has 1 aliphatic carbocycles. The van der Waals surface area contributed by atoms with Crippen LogP contribution in [0.15, 0.2) is 6.07 Å². The Kier molecular flexibility index (Phi) is 14.3. The van der Waals surface area contributed by atoms with Crippen LogP contribution < -0.4 is 14.8 Å². The van der Waals surface area contributed by atoms with Gasteiger partial charge in [0.05, 0.1) is 37.3 Å². The first-order chi connectivity index (χ1) is 25.1. The van der Waals surface area contributed by atoms with Gasteiger partial charge in [-0.05, 0) is 53.4 Å². The van der Waals surface area contributed by atoms with Crippen molar-refractivity contribution in [3.05, 3.63) is 23.4 Å². The Morgan fingerprint density at radius 1 is 0.981 bits per heavy atom. The van der Waals surface area contributed by atoms with Crippen LogP contribution in [-0.4, -0.2) is 132 Å². The van der Waals surface area contributed by atoms with Gasteiger partial charge in [-0.15, -0.1) is 0 Å². The quantitative estimate of drug-likeness (QED) is 0.275. The van der Waals surface area contributed by atoms with E-state index in [0.29, 0.717) is 0 Å². The Morgan fingerprint density at radius 2 is 1.62 bits per heavy atom. The van der Waals surface area contributed by atoms with E-state index in [1.54, 1.807) is 51.5 Å². The Morgan fingerprint density at radius 3 is 2.23 bits per heavy atom. The minimum Gasteiger partial charge on any atom is -0.490 e. The SMILES string of the molecule is CCOc1c(F)c(F)cc2c1c(OCCOCCO)c(C(=O)N1CCN(C(=O)[C@@H](NC(=O)[C@H](C)N(C)C(=O)OC(C)(C)C)C3CCCCC3)CC1)n2C. The number of carbonyl (C=O) groups is 4. The van der Waals surface area contributed by atoms with Crippen LogP contribution in [0, 0.1) is 17.6 Å². The minimum absolute atomic E-state index is 0.00602. The largest absolute Gasteiger partial charge is 0.490 e. The number of fused-ring (bicyclic) bond motifs is 1. The third-order valence-electron chi connectivity index (χ3n) is 9.70. The van der Waals surface area contributed by atoms with Gasteiger partial charge in [-0.25, -0.2) is 9.18 Å². The van der Waals surface area contributed by atoms with E-state index in [9.17, 15) is 23.6 Å². The van der Waals surface area contributed by atoms with E-state index in [-0.39, 0.29) is 99.1 Å². The van der Waals surface area contributed by atoms with E-state index >= 15 is 4.39 Å². The lowest BCUT2D eigenvalue weighted by atomic mass is 9.83. The number of aromatic nitrogens is 1. The van der Waals surface area contributed by atoms with Gasteiger partial charge in [0.25, 0.3) is 5.91 Å². The second kappa shape index (κ2) is 18.2. The predicted molar refractivity (Wildman–Crippen MR) is 192 cm³/mol. The molecule has 1 aromatic heterocycles. The zero-order valence-electron chi connectivity index (χ0n) is 32.0. The number of ether oxygens (including phenoxy) is 4. The summed E-state index contributed by atoms with van der Waals surface area (Å²) in [5.41, 5.74) is -0.511. The van der Waals surface area contributed by atoms with Crippen molar-refractivity contribution in [2.45, 2.75) is 84.4 Å². The number of piperazine rings is 1. The van der Waals surface area contributed by atoms with Crippen LogP contribution >= 0.6 is 0 Å². The molecule has 4 rings (SSSR count). The van der Waals surface area contributed by atoms with Gasteiger partial charge in [0.1, 0.15) is 24.3 Å². The molecule has 2 aromatic rings. The number of aliphatic hydroxyl groups is 1. The van der Waals surface area contributed by atoms with Crippen LogP contribution in [-0.2, 0) is 26.1 Å². The van der Waals surface area contributed by atoms with E-state index in [2.05, 4.69) is 5.32 Å². The highest BCUT2D eigenvalue weighted by molar-refractivity contribution is 6.06. The first-order valence-corrected chi connectivity index (χ1v) is 18.4. The number of nitrogens with one attached hydrogen (secondary N) is 1. The zero-order valence-corrected chi connectivity index (χ0v) is 32.0. The number of aryl methyl sites for hydroxylation is 1. The van der Waals surface area contributed by atoms with E-state index in [4.69, 9.17) is 24.1 Å². The molecule has 1 saturated carbocycles. The van der Waals surface area contributed by atoms with Crippen LogP contribution in [0.5, 0.6) is 11.5 Å². The van der Waals surface area contributed by atoms with Crippen LogP contribution in [0.3, 0.4) is 0 Å². The molecule has 2 heterocycles. The van der Waals surface area contributed by atoms with Gasteiger partial charge < -0.3 is 43.7 Å². The fraction of sp³-hybridized carbons (Fsp3) is 0.676. The van der Waals surface area contributed by atoms with Gasteiger partial charge in [-0.3, -0.25) is 19.3 Å². The highest BCUT2D eigenvalue weighted by atomic mass is 19.2. The van der Waals surface area contributed by atoms with Crippen molar-refractivity contribution in [3.63, 3.8) is 0 Å². The number of halogens is 2. The van der Waals surface area contributed by atoms with Gasteiger partial charge in [-0.1, -0.05) is 19.3 Å². The molecule has 0 unspecified atom stereocenters. The standard InChI is InChI=1S/C37H55F2N5O9/c1-8-51-31-27-26(22-25(38)28(31)39)42(7)30(32(27)52-21-20-50-19-18-45)35(48)44-16-14-43(15-17-44)34(47)29(24-12-10-9-11-13-24)40-33(46)23(2)41(6)36(49)53-37(3,4)5/h22-24,29,45H,8-21H2,1-7H3,(H,40,46)/t23-,29-/m0/s1. The number of likely N-dealkylation sites (N-methyl/N-ethyl adjacent to an activating group) is 1. The molecule has 2 fully saturated rings. The molecule has 0 radical (unpaired) electrons. The van der Waals surface area contributed by atoms with Crippen LogP contribution in [0.1, 0.15) is 77.2 Å². The maximum absolute atomic E-state index is 15.1. The molecule has 1 saturated heterocycles. The van der Waals surface area contributed by atoms with Crippen LogP contribution in [0.2, 0.25) is 0 Å². The second-order valence-electron chi connectivity index (χ2n) is 14.5. The smallest absolute Gasteiger partial charge is 0.410 e. The summed E-state index contributed by atoms with van der Waals surface area (Å²) in [6.07, 6.45) is 3.80. The Bertz CT molecular complexity index is 1610. The molecule has 4 amide bonds. The summed E-state index contributed by atoms with van der Waals surface area (Å²) < 4.78 is 53.5. The summed E-state index contributed by atoms with van der Waals surface area (Å²) in [7, 11) is 3.03. The average molecular weight is 752 g/mol. The molecule has 16 heteroatoms. The summed E-state index contributed by atoms with van der Waals surface area (Å²) in [6.45, 7) is 9.01. The Hall–Kier alpha value is -4.18. The number of benzene rings is 1. The lowest BCUT2D eigenvalue weighted by molar-refractivity contribution is -0.140. The molecule has 2 atom stereocenters. The molecule has 1 aliphatic heterocycles. The van der Waals surface area contributed by atoms with E-state index < -0.39 is 47.2 Å². The zero-order chi connectivity index (χ0) is 39.0. The summed E-state index contributed by atoms with van der Waals surface area (Å²) in [5.74, 6) is -4.00. The molecule has 1 aromatic carbocycles. The normalized spacial score (nSPS) is 16.6. The first kappa shape index (κ1) is 41.6. The Labute approximate surface area is 309 Å². The van der Waals surface area contributed by atoms with Crippen molar-refractivity contribution < 1.29 is 52.0 Å². The molecule has 2 N–H and O–H groups in total. The number of nitrogens with zero attached hydrogens (tertiary/aromatic N) is 4. The molecule has 2 aliphatic rings. The van der Waals surface area contributed by atoms with E-state index in [1.165, 1.54) is 16.5 Å². The molecular formula is C37H55F2N5O9. The van der Waals surface area contributed by atoms with Crippen LogP contribution in [0.25, 0.3) is 10.9 Å². The number of carbonyl (C=O) groups excluding carboxylic acids is 4. The van der Waals surface area contributed by atoms with E-state index in [1.807, 2.05) is 0 Å². The fourth-order valence-corrected chi connectivity index (χ4v) is 6.76. The van der Waals surface area contributed by atoms with Crippen molar-refractivity contribution in [3.8, 4) is 11.5 Å². The van der Waals surface area contributed by atoms with Gasteiger partial charge in [0, 0.05) is 46.3 Å². The summed E-state index contributed by atoms with van der Waals surface area (Å²) in [4.78, 5) is 58.9. The van der Waals surface area contributed by atoms with Crippen molar-refractivity contribution in [2.24, 2.45) is 13.0 Å². The van der Waals surface area contributed by atoms with Gasteiger partial charge >= 0.3 is 6.09 Å². The van der Waals surface area contributed by atoms with Crippen LogP contribution in [0.4, 0.5) is 13.6 Å². The molecule has 14 nitrogen and oxygen atoms in total. The minimum atomic E-state index is -1.21. The van der Waals surface area contributed by atoms with Gasteiger partial charge in [-0.2, -0.15) is 4.39 Å². The molecule has 296 valence electrons. The number of aliphatic hydroxyl groups excluding tert-OH is 1. The third-order valence-corrected chi connectivity index (χ3v) is 9.70. The molecule has 0 bridgehead atoms. The topological polar surface area (TPSA) is 152 Å². The molecular weight excluding hydrogens is 696 g/mol. The third kappa shape index (κ3) is 9.88. The van der Waals surface area contributed by atoms with Gasteiger partial charge in [0.2, 0.25) is 17.6 Å². The number of hydrogen-bond donors (Lipinski definition) is 2. The maximum Gasteiger partial charge on any atom is 0.410 e. The first-order valence-electron chi connectivity index (χ1n) is 18.4.